The van der Waals surface area contributed by atoms with Crippen LogP contribution in [0.5, 0.6) is 0 Å². The minimum absolute atomic E-state index is 0.159. The summed E-state index contributed by atoms with van der Waals surface area (Å²) in [6, 6.07) is 1.82. The highest BCUT2D eigenvalue weighted by Crippen LogP contribution is 2.25. The van der Waals surface area contributed by atoms with Crippen molar-refractivity contribution in [2.45, 2.75) is 46.0 Å². The highest BCUT2D eigenvalue weighted by Gasteiger charge is 2.21. The minimum Gasteiger partial charge on any atom is -0.352 e. The van der Waals surface area contributed by atoms with Crippen LogP contribution >= 0.6 is 0 Å². The van der Waals surface area contributed by atoms with Gasteiger partial charge in [0.1, 0.15) is 0 Å². The van der Waals surface area contributed by atoms with Gasteiger partial charge in [-0.15, -0.1) is 0 Å². The van der Waals surface area contributed by atoms with E-state index in [9.17, 15) is 9.59 Å². The van der Waals surface area contributed by atoms with E-state index in [2.05, 4.69) is 15.5 Å². The molecule has 1 aliphatic heterocycles. The molecule has 0 unspecified atom stereocenters. The summed E-state index contributed by atoms with van der Waals surface area (Å²) in [7, 11) is 0. The molecule has 2 aromatic rings. The first-order valence-electron chi connectivity index (χ1n) is 8.80. The first kappa shape index (κ1) is 17.4. The molecule has 2 aromatic heterocycles. The zero-order chi connectivity index (χ0) is 18.0. The van der Waals surface area contributed by atoms with Crippen molar-refractivity contribution in [1.29, 1.82) is 0 Å². The van der Waals surface area contributed by atoms with Crippen LogP contribution in [0.15, 0.2) is 10.6 Å². The van der Waals surface area contributed by atoms with Gasteiger partial charge in [0, 0.05) is 31.7 Å². The van der Waals surface area contributed by atoms with Gasteiger partial charge in [0.2, 0.25) is 5.91 Å². The Morgan fingerprint density at radius 2 is 2.24 bits per heavy atom. The number of carbonyl (C=O) groups excluding carboxylic acids is 2. The Kier molecular flexibility index (Phi) is 5.01. The molecule has 7 nitrogen and oxygen atoms in total. The van der Waals surface area contributed by atoms with E-state index in [1.54, 1.807) is 6.92 Å². The van der Waals surface area contributed by atoms with E-state index < -0.39 is 0 Å². The lowest BCUT2D eigenvalue weighted by atomic mass is 10.0. The predicted octanol–water partition coefficient (Wildman–Crippen LogP) is 2.40. The van der Waals surface area contributed by atoms with Crippen molar-refractivity contribution >= 4 is 22.9 Å². The maximum atomic E-state index is 12.7. The number of hydrogen-bond donors (Lipinski definition) is 1. The topological polar surface area (TPSA) is 88.3 Å². The number of nitrogens with one attached hydrogen (secondary N) is 1. The number of fused-ring (bicyclic) bond motifs is 1. The van der Waals surface area contributed by atoms with Crippen molar-refractivity contribution in [1.82, 2.24) is 20.4 Å². The third-order valence-electron chi connectivity index (χ3n) is 4.53. The van der Waals surface area contributed by atoms with E-state index in [4.69, 9.17) is 4.52 Å². The van der Waals surface area contributed by atoms with Crippen LogP contribution in [0.25, 0.3) is 11.1 Å². The molecule has 0 saturated carbocycles. The van der Waals surface area contributed by atoms with Crippen LogP contribution in [0.3, 0.4) is 0 Å². The first-order chi connectivity index (χ1) is 12.0. The van der Waals surface area contributed by atoms with Crippen molar-refractivity contribution in [3.63, 3.8) is 0 Å². The average Bonchev–Trinajstić information content (AvgIpc) is 3.16. The molecular weight excluding hydrogens is 320 g/mol. The van der Waals surface area contributed by atoms with Crippen LogP contribution in [0.4, 0.5) is 0 Å². The fourth-order valence-corrected chi connectivity index (χ4v) is 3.10. The Morgan fingerprint density at radius 1 is 1.44 bits per heavy atom. The van der Waals surface area contributed by atoms with Gasteiger partial charge < -0.3 is 14.7 Å². The van der Waals surface area contributed by atoms with Crippen LogP contribution in [-0.4, -0.2) is 46.5 Å². The summed E-state index contributed by atoms with van der Waals surface area (Å²) in [5.74, 6) is 0.236. The van der Waals surface area contributed by atoms with Gasteiger partial charge in [0.25, 0.3) is 11.6 Å². The molecule has 7 heteroatoms. The first-order valence-corrected chi connectivity index (χ1v) is 8.80. The van der Waals surface area contributed by atoms with Gasteiger partial charge >= 0.3 is 0 Å². The number of nitrogens with zero attached hydrogens (tertiary/aromatic N) is 3. The summed E-state index contributed by atoms with van der Waals surface area (Å²) in [6.45, 7) is 7.88. The Labute approximate surface area is 146 Å². The molecule has 0 spiro atoms. The van der Waals surface area contributed by atoms with E-state index in [1.165, 1.54) is 0 Å². The summed E-state index contributed by atoms with van der Waals surface area (Å²) >= 11 is 0. The maximum Gasteiger partial charge on any atom is 0.259 e. The minimum atomic E-state index is -0.159. The molecule has 3 rings (SSSR count). The fourth-order valence-electron chi connectivity index (χ4n) is 3.10. The number of pyridine rings is 1. The van der Waals surface area contributed by atoms with Gasteiger partial charge in [-0.05, 0) is 31.7 Å². The molecule has 0 atom stereocenters. The van der Waals surface area contributed by atoms with Gasteiger partial charge in [0.05, 0.1) is 16.6 Å². The summed E-state index contributed by atoms with van der Waals surface area (Å²) < 4.78 is 5.25. The smallest absolute Gasteiger partial charge is 0.259 e. The van der Waals surface area contributed by atoms with E-state index in [0.29, 0.717) is 41.9 Å². The number of amides is 2. The molecule has 0 bridgehead atoms. The van der Waals surface area contributed by atoms with Crippen LogP contribution in [0, 0.1) is 6.92 Å². The normalized spacial score (nSPS) is 14.7. The van der Waals surface area contributed by atoms with E-state index in [-0.39, 0.29) is 17.7 Å². The summed E-state index contributed by atoms with van der Waals surface area (Å²) in [4.78, 5) is 30.6. The van der Waals surface area contributed by atoms with Gasteiger partial charge in [-0.2, -0.15) is 0 Å². The molecule has 1 saturated heterocycles. The molecule has 0 radical (unpaired) electrons. The Balaban J connectivity index is 1.68. The number of aromatic nitrogens is 2. The molecule has 1 aliphatic rings. The molecule has 25 heavy (non-hydrogen) atoms. The number of likely N-dealkylation sites (tertiary alicyclic amines) is 1. The largest absolute Gasteiger partial charge is 0.352 e. The van der Waals surface area contributed by atoms with Crippen LogP contribution in [0.1, 0.15) is 60.8 Å². The lowest BCUT2D eigenvalue weighted by Gasteiger charge is -2.15. The molecule has 3 heterocycles. The molecular formula is C18H24N4O3. The number of rotatable bonds is 6. The van der Waals surface area contributed by atoms with Crippen molar-refractivity contribution < 1.29 is 14.1 Å². The van der Waals surface area contributed by atoms with Crippen molar-refractivity contribution in [3.8, 4) is 0 Å². The Bertz CT molecular complexity index is 797. The zero-order valence-corrected chi connectivity index (χ0v) is 15.0. The van der Waals surface area contributed by atoms with Crippen molar-refractivity contribution in [2.75, 3.05) is 19.6 Å². The molecule has 134 valence electrons. The number of carbonyl (C=O) groups is 2. The molecule has 0 aromatic carbocycles. The lowest BCUT2D eigenvalue weighted by molar-refractivity contribution is -0.127. The SMILES string of the molecule is Cc1noc2nc(C(C)C)cc(C(=O)NCCCN3CCCC3=O)c12. The predicted molar refractivity (Wildman–Crippen MR) is 93.4 cm³/mol. The molecule has 1 N–H and O–H groups in total. The molecule has 1 fully saturated rings. The second-order valence-corrected chi connectivity index (χ2v) is 6.79. The Morgan fingerprint density at radius 3 is 2.92 bits per heavy atom. The van der Waals surface area contributed by atoms with Crippen LogP contribution in [0.2, 0.25) is 0 Å². The van der Waals surface area contributed by atoms with Crippen LogP contribution in [-0.2, 0) is 4.79 Å². The second-order valence-electron chi connectivity index (χ2n) is 6.79. The van der Waals surface area contributed by atoms with E-state index in [0.717, 1.165) is 25.1 Å². The van der Waals surface area contributed by atoms with E-state index >= 15 is 0 Å². The number of hydrogen-bond acceptors (Lipinski definition) is 5. The van der Waals surface area contributed by atoms with Gasteiger partial charge in [0.15, 0.2) is 0 Å². The molecule has 2 amide bonds. The van der Waals surface area contributed by atoms with E-state index in [1.807, 2.05) is 24.8 Å². The third kappa shape index (κ3) is 3.65. The molecule has 0 aliphatic carbocycles. The fraction of sp³-hybridized carbons (Fsp3) is 0.556. The van der Waals surface area contributed by atoms with Gasteiger partial charge in [-0.1, -0.05) is 19.0 Å². The average molecular weight is 344 g/mol. The maximum absolute atomic E-state index is 12.7. The summed E-state index contributed by atoms with van der Waals surface area (Å²) in [6.07, 6.45) is 2.32. The summed E-state index contributed by atoms with van der Waals surface area (Å²) in [5.41, 5.74) is 2.41. The van der Waals surface area contributed by atoms with Crippen molar-refractivity contribution in [3.05, 3.63) is 23.0 Å². The van der Waals surface area contributed by atoms with Gasteiger partial charge in [-0.25, -0.2) is 4.98 Å². The third-order valence-corrected chi connectivity index (χ3v) is 4.53. The quantitative estimate of drug-likeness (QED) is 0.813. The monoisotopic (exact) mass is 344 g/mol. The van der Waals surface area contributed by atoms with Crippen LogP contribution < -0.4 is 5.32 Å². The summed E-state index contributed by atoms with van der Waals surface area (Å²) in [5, 5.41) is 7.54. The lowest BCUT2D eigenvalue weighted by Crippen LogP contribution is -2.30. The highest BCUT2D eigenvalue weighted by atomic mass is 16.5. The van der Waals surface area contributed by atoms with Gasteiger partial charge in [-0.3, -0.25) is 9.59 Å². The zero-order valence-electron chi connectivity index (χ0n) is 15.0. The number of aryl methyl sites for hydroxylation is 1. The van der Waals surface area contributed by atoms with Crippen molar-refractivity contribution in [2.24, 2.45) is 0 Å². The standard InChI is InChI=1S/C18H24N4O3/c1-11(2)14-10-13(16-12(3)21-25-18(16)20-14)17(24)19-7-5-9-22-8-4-6-15(22)23/h10-11H,4-9H2,1-3H3,(H,19,24). The highest BCUT2D eigenvalue weighted by molar-refractivity contribution is 6.06. The Hall–Kier alpha value is -2.44. The second kappa shape index (κ2) is 7.21.